The fourth-order valence-corrected chi connectivity index (χ4v) is 4.45. The van der Waals surface area contributed by atoms with Crippen molar-refractivity contribution in [3.05, 3.63) is 58.1 Å². The fourth-order valence-electron chi connectivity index (χ4n) is 4.45. The molecule has 2 aromatic rings. The molecule has 0 spiro atoms. The Morgan fingerprint density at radius 2 is 1.71 bits per heavy atom. The minimum absolute atomic E-state index is 0.0907. The van der Waals surface area contributed by atoms with Crippen LogP contribution in [0.4, 0.5) is 0 Å². The number of benzene rings is 2. The van der Waals surface area contributed by atoms with Crippen LogP contribution >= 0.6 is 0 Å². The second-order valence-electron chi connectivity index (χ2n) is 7.31. The van der Waals surface area contributed by atoms with Gasteiger partial charge in [0.1, 0.15) is 0 Å². The third-order valence-electron chi connectivity index (χ3n) is 5.80. The lowest BCUT2D eigenvalue weighted by Crippen LogP contribution is -2.53. The standard InChI is InChI=1S/C21H25NO2/c1-13-5-6-15-12-22-21(2)8-7-14-10-18(23-3)19(24-4)11-17(14)20(21)16(15)9-13/h5-6,9-11,20,22H,7-8,12H2,1-4H3/t20-,21-/m1/s1. The van der Waals surface area contributed by atoms with Crippen molar-refractivity contribution >= 4 is 0 Å². The van der Waals surface area contributed by atoms with Gasteiger partial charge in [0, 0.05) is 18.0 Å². The molecule has 0 saturated heterocycles. The summed E-state index contributed by atoms with van der Waals surface area (Å²) in [6, 6.07) is 11.2. The molecule has 1 heterocycles. The van der Waals surface area contributed by atoms with Crippen molar-refractivity contribution in [2.45, 2.75) is 44.7 Å². The van der Waals surface area contributed by atoms with Crippen molar-refractivity contribution in [3.63, 3.8) is 0 Å². The number of hydrogen-bond donors (Lipinski definition) is 1. The van der Waals surface area contributed by atoms with E-state index < -0.39 is 0 Å². The first kappa shape index (κ1) is 15.5. The number of methoxy groups -OCH3 is 2. The van der Waals surface area contributed by atoms with E-state index in [9.17, 15) is 0 Å². The molecule has 24 heavy (non-hydrogen) atoms. The third kappa shape index (κ3) is 2.22. The van der Waals surface area contributed by atoms with Crippen LogP contribution in [0.3, 0.4) is 0 Å². The van der Waals surface area contributed by atoms with Gasteiger partial charge in [0.05, 0.1) is 14.2 Å². The predicted octanol–water partition coefficient (Wildman–Crippen LogP) is 3.95. The van der Waals surface area contributed by atoms with Crippen molar-refractivity contribution in [3.8, 4) is 11.5 Å². The van der Waals surface area contributed by atoms with Crippen LogP contribution in [0, 0.1) is 6.92 Å². The summed E-state index contributed by atoms with van der Waals surface area (Å²) in [6.07, 6.45) is 2.20. The van der Waals surface area contributed by atoms with Gasteiger partial charge in [-0.1, -0.05) is 23.8 Å². The average Bonchev–Trinajstić information content (AvgIpc) is 2.59. The molecule has 1 N–H and O–H groups in total. The third-order valence-corrected chi connectivity index (χ3v) is 5.80. The maximum Gasteiger partial charge on any atom is 0.161 e. The molecule has 0 saturated carbocycles. The summed E-state index contributed by atoms with van der Waals surface area (Å²) in [6.45, 7) is 5.49. The van der Waals surface area contributed by atoms with Gasteiger partial charge in [-0.05, 0) is 61.1 Å². The smallest absolute Gasteiger partial charge is 0.161 e. The fraction of sp³-hybridized carbons (Fsp3) is 0.429. The summed E-state index contributed by atoms with van der Waals surface area (Å²) < 4.78 is 11.1. The SMILES string of the molecule is COc1cc2c(cc1OC)[C@H]1c3cc(C)ccc3CN[C@]1(C)CC2. The van der Waals surface area contributed by atoms with Crippen LogP contribution in [0.15, 0.2) is 30.3 Å². The summed E-state index contributed by atoms with van der Waals surface area (Å²) in [5.74, 6) is 2.00. The molecule has 1 aliphatic carbocycles. The summed E-state index contributed by atoms with van der Waals surface area (Å²) in [7, 11) is 3.42. The van der Waals surface area contributed by atoms with E-state index in [1.165, 1.54) is 27.8 Å². The van der Waals surface area contributed by atoms with Crippen LogP contribution in [-0.2, 0) is 13.0 Å². The Labute approximate surface area is 144 Å². The van der Waals surface area contributed by atoms with Crippen LogP contribution in [0.5, 0.6) is 11.5 Å². The van der Waals surface area contributed by atoms with E-state index in [1.807, 2.05) is 0 Å². The van der Waals surface area contributed by atoms with E-state index in [0.717, 1.165) is 30.9 Å². The highest BCUT2D eigenvalue weighted by atomic mass is 16.5. The molecule has 4 rings (SSSR count). The molecular weight excluding hydrogens is 298 g/mol. The van der Waals surface area contributed by atoms with Gasteiger partial charge in [-0.15, -0.1) is 0 Å². The Morgan fingerprint density at radius 3 is 2.46 bits per heavy atom. The van der Waals surface area contributed by atoms with Crippen LogP contribution in [0.1, 0.15) is 47.1 Å². The lowest BCUT2D eigenvalue weighted by atomic mass is 9.65. The Hall–Kier alpha value is -2.00. The molecule has 3 nitrogen and oxygen atoms in total. The van der Waals surface area contributed by atoms with Gasteiger partial charge in [-0.2, -0.15) is 0 Å². The van der Waals surface area contributed by atoms with Crippen LogP contribution in [0.25, 0.3) is 0 Å². The molecular formula is C21H25NO2. The van der Waals surface area contributed by atoms with E-state index >= 15 is 0 Å². The minimum atomic E-state index is 0.0907. The van der Waals surface area contributed by atoms with Crippen LogP contribution in [0.2, 0.25) is 0 Å². The molecule has 2 aliphatic rings. The molecule has 0 fully saturated rings. The van der Waals surface area contributed by atoms with Crippen LogP contribution in [-0.4, -0.2) is 19.8 Å². The Morgan fingerprint density at radius 1 is 1.00 bits per heavy atom. The number of ether oxygens (including phenoxy) is 2. The normalized spacial score (nSPS) is 24.6. The van der Waals surface area contributed by atoms with E-state index in [-0.39, 0.29) is 5.54 Å². The van der Waals surface area contributed by atoms with Crippen molar-refractivity contribution in [2.75, 3.05) is 14.2 Å². The Kier molecular flexibility index (Phi) is 3.57. The first-order valence-electron chi connectivity index (χ1n) is 8.65. The zero-order chi connectivity index (χ0) is 16.9. The van der Waals surface area contributed by atoms with Gasteiger partial charge in [0.25, 0.3) is 0 Å². The van der Waals surface area contributed by atoms with E-state index in [1.54, 1.807) is 14.2 Å². The maximum absolute atomic E-state index is 5.58. The topological polar surface area (TPSA) is 30.5 Å². The first-order chi connectivity index (χ1) is 11.6. The van der Waals surface area contributed by atoms with E-state index in [0.29, 0.717) is 5.92 Å². The number of rotatable bonds is 2. The van der Waals surface area contributed by atoms with Gasteiger partial charge in [-0.25, -0.2) is 0 Å². The van der Waals surface area contributed by atoms with Gasteiger partial charge in [0.15, 0.2) is 11.5 Å². The molecule has 0 aromatic heterocycles. The summed E-state index contributed by atoms with van der Waals surface area (Å²) in [4.78, 5) is 0. The quantitative estimate of drug-likeness (QED) is 0.907. The highest BCUT2D eigenvalue weighted by Gasteiger charge is 2.44. The minimum Gasteiger partial charge on any atom is -0.493 e. The van der Waals surface area contributed by atoms with Crippen molar-refractivity contribution in [1.82, 2.24) is 5.32 Å². The molecule has 3 heteroatoms. The zero-order valence-electron chi connectivity index (χ0n) is 14.9. The van der Waals surface area contributed by atoms with Gasteiger partial charge < -0.3 is 14.8 Å². The molecule has 0 unspecified atom stereocenters. The number of aryl methyl sites for hydroxylation is 2. The second kappa shape index (κ2) is 5.52. The Bertz CT molecular complexity index is 799. The van der Waals surface area contributed by atoms with Gasteiger partial charge in [-0.3, -0.25) is 0 Å². The lowest BCUT2D eigenvalue weighted by molar-refractivity contribution is 0.259. The molecule has 1 aliphatic heterocycles. The summed E-state index contributed by atoms with van der Waals surface area (Å²) in [5.41, 5.74) is 7.04. The lowest BCUT2D eigenvalue weighted by Gasteiger charge is -2.48. The average molecular weight is 323 g/mol. The second-order valence-corrected chi connectivity index (χ2v) is 7.31. The molecule has 0 radical (unpaired) electrons. The maximum atomic E-state index is 5.58. The highest BCUT2D eigenvalue weighted by Crippen LogP contribution is 2.49. The van der Waals surface area contributed by atoms with E-state index in [4.69, 9.17) is 9.47 Å². The molecule has 2 atom stereocenters. The van der Waals surface area contributed by atoms with Crippen molar-refractivity contribution in [1.29, 1.82) is 0 Å². The monoisotopic (exact) mass is 323 g/mol. The number of fused-ring (bicyclic) bond motifs is 5. The largest absolute Gasteiger partial charge is 0.493 e. The molecule has 0 amide bonds. The van der Waals surface area contributed by atoms with Gasteiger partial charge in [0.2, 0.25) is 0 Å². The van der Waals surface area contributed by atoms with Crippen molar-refractivity contribution < 1.29 is 9.47 Å². The zero-order valence-corrected chi connectivity index (χ0v) is 14.9. The predicted molar refractivity (Wildman–Crippen MR) is 96.1 cm³/mol. The molecule has 2 aromatic carbocycles. The summed E-state index contributed by atoms with van der Waals surface area (Å²) in [5, 5.41) is 3.81. The molecule has 0 bridgehead atoms. The molecule has 126 valence electrons. The first-order valence-corrected chi connectivity index (χ1v) is 8.65. The van der Waals surface area contributed by atoms with Gasteiger partial charge >= 0.3 is 0 Å². The Balaban J connectivity index is 1.94. The number of hydrogen-bond acceptors (Lipinski definition) is 3. The van der Waals surface area contributed by atoms with Crippen LogP contribution < -0.4 is 14.8 Å². The number of nitrogens with one attached hydrogen (secondary N) is 1. The van der Waals surface area contributed by atoms with E-state index in [2.05, 4.69) is 49.5 Å². The highest BCUT2D eigenvalue weighted by molar-refractivity contribution is 5.55. The van der Waals surface area contributed by atoms with Crippen molar-refractivity contribution in [2.24, 2.45) is 0 Å². The summed E-state index contributed by atoms with van der Waals surface area (Å²) >= 11 is 0.